The van der Waals surface area contributed by atoms with Crippen molar-refractivity contribution in [2.45, 2.75) is 6.04 Å². The van der Waals surface area contributed by atoms with Crippen molar-refractivity contribution in [3.8, 4) is 0 Å². The molecule has 0 aliphatic rings. The normalized spacial score (nSPS) is 12.5. The predicted octanol–water partition coefficient (Wildman–Crippen LogP) is 0.448. The van der Waals surface area contributed by atoms with Gasteiger partial charge in [-0.15, -0.1) is 0 Å². The molecule has 12 heavy (non-hydrogen) atoms. The minimum Gasteiger partial charge on any atom is -0.468 e. The number of nitrogens with one attached hydrogen (secondary N) is 2. The molecular weight excluding hydrogens is 156 g/mol. The van der Waals surface area contributed by atoms with Gasteiger partial charge in [-0.3, -0.25) is 0 Å². The SMILES string of the molecule is CNC(C(=O)OC)c1ccc[nH]1. The Morgan fingerprint density at radius 3 is 2.92 bits per heavy atom. The number of methoxy groups -OCH3 is 1. The molecule has 0 radical (unpaired) electrons. The Bertz CT molecular complexity index is 244. The largest absolute Gasteiger partial charge is 0.468 e. The summed E-state index contributed by atoms with van der Waals surface area (Å²) in [5.41, 5.74) is 0.810. The molecule has 1 rings (SSSR count). The van der Waals surface area contributed by atoms with E-state index in [4.69, 9.17) is 0 Å². The van der Waals surface area contributed by atoms with Gasteiger partial charge in [-0.2, -0.15) is 0 Å². The van der Waals surface area contributed by atoms with Gasteiger partial charge in [0.15, 0.2) is 0 Å². The second-order valence-corrected chi connectivity index (χ2v) is 2.37. The number of ether oxygens (including phenoxy) is 1. The minimum absolute atomic E-state index is 0.292. The Kier molecular flexibility index (Phi) is 2.88. The molecule has 0 saturated heterocycles. The molecule has 0 spiro atoms. The highest BCUT2D eigenvalue weighted by Gasteiger charge is 2.19. The zero-order valence-corrected chi connectivity index (χ0v) is 7.13. The zero-order valence-electron chi connectivity index (χ0n) is 7.13. The monoisotopic (exact) mass is 168 g/mol. The van der Waals surface area contributed by atoms with Crippen LogP contribution in [0.5, 0.6) is 0 Å². The molecule has 0 fully saturated rings. The molecule has 1 aromatic rings. The van der Waals surface area contributed by atoms with E-state index < -0.39 is 6.04 Å². The topological polar surface area (TPSA) is 54.1 Å². The van der Waals surface area contributed by atoms with E-state index in [1.165, 1.54) is 7.11 Å². The van der Waals surface area contributed by atoms with Crippen LogP contribution >= 0.6 is 0 Å². The van der Waals surface area contributed by atoms with Gasteiger partial charge in [0.1, 0.15) is 6.04 Å². The highest BCUT2D eigenvalue weighted by Crippen LogP contribution is 2.10. The number of hydrogen-bond acceptors (Lipinski definition) is 3. The van der Waals surface area contributed by atoms with Crippen LogP contribution in [0, 0.1) is 0 Å². The Morgan fingerprint density at radius 1 is 1.75 bits per heavy atom. The van der Waals surface area contributed by atoms with E-state index in [0.717, 1.165) is 5.69 Å². The number of carbonyl (C=O) groups is 1. The summed E-state index contributed by atoms with van der Waals surface area (Å²) >= 11 is 0. The molecule has 0 aliphatic carbocycles. The molecule has 66 valence electrons. The van der Waals surface area contributed by atoms with Gasteiger partial charge in [0.2, 0.25) is 0 Å². The van der Waals surface area contributed by atoms with Crippen LogP contribution in [-0.2, 0) is 9.53 Å². The van der Waals surface area contributed by atoms with Crippen molar-refractivity contribution in [1.82, 2.24) is 10.3 Å². The van der Waals surface area contributed by atoms with Crippen molar-refractivity contribution in [1.29, 1.82) is 0 Å². The van der Waals surface area contributed by atoms with Crippen molar-refractivity contribution in [3.05, 3.63) is 24.0 Å². The van der Waals surface area contributed by atoms with Crippen molar-refractivity contribution in [2.75, 3.05) is 14.2 Å². The number of rotatable bonds is 3. The third-order valence-corrected chi connectivity index (χ3v) is 1.66. The zero-order chi connectivity index (χ0) is 8.97. The van der Waals surface area contributed by atoms with Crippen LogP contribution in [0.2, 0.25) is 0 Å². The van der Waals surface area contributed by atoms with Crippen LogP contribution in [-0.4, -0.2) is 25.1 Å². The minimum atomic E-state index is -0.398. The molecule has 4 heteroatoms. The fraction of sp³-hybridized carbons (Fsp3) is 0.375. The summed E-state index contributed by atoms with van der Waals surface area (Å²) in [6, 6.07) is 3.27. The fourth-order valence-corrected chi connectivity index (χ4v) is 1.04. The van der Waals surface area contributed by atoms with Crippen molar-refractivity contribution in [2.24, 2.45) is 0 Å². The molecule has 4 nitrogen and oxygen atoms in total. The molecular formula is C8H12N2O2. The van der Waals surface area contributed by atoms with Crippen molar-refractivity contribution < 1.29 is 9.53 Å². The molecule has 1 aromatic heterocycles. The van der Waals surface area contributed by atoms with E-state index in [1.54, 1.807) is 13.2 Å². The van der Waals surface area contributed by atoms with E-state index in [2.05, 4.69) is 15.0 Å². The lowest BCUT2D eigenvalue weighted by Gasteiger charge is -2.11. The summed E-state index contributed by atoms with van der Waals surface area (Å²) in [6.07, 6.45) is 1.77. The Labute approximate surface area is 70.9 Å². The number of aromatic amines is 1. The van der Waals surface area contributed by atoms with Gasteiger partial charge in [-0.1, -0.05) is 0 Å². The van der Waals surface area contributed by atoms with Crippen LogP contribution in [0.15, 0.2) is 18.3 Å². The molecule has 0 aliphatic heterocycles. The smallest absolute Gasteiger partial charge is 0.329 e. The van der Waals surface area contributed by atoms with Gasteiger partial charge in [-0.25, -0.2) is 4.79 Å². The third-order valence-electron chi connectivity index (χ3n) is 1.66. The maximum Gasteiger partial charge on any atom is 0.329 e. The van der Waals surface area contributed by atoms with Gasteiger partial charge < -0.3 is 15.0 Å². The van der Waals surface area contributed by atoms with Crippen LogP contribution < -0.4 is 5.32 Å². The lowest BCUT2D eigenvalue weighted by atomic mass is 10.2. The number of likely N-dealkylation sites (N-methyl/N-ethyl adjacent to an activating group) is 1. The number of hydrogen-bond donors (Lipinski definition) is 2. The van der Waals surface area contributed by atoms with Crippen LogP contribution in [0.1, 0.15) is 11.7 Å². The first-order valence-electron chi connectivity index (χ1n) is 3.68. The molecule has 0 saturated carbocycles. The molecule has 1 atom stereocenters. The third kappa shape index (κ3) is 1.65. The number of carbonyl (C=O) groups excluding carboxylic acids is 1. The van der Waals surface area contributed by atoms with Gasteiger partial charge in [0, 0.05) is 11.9 Å². The maximum atomic E-state index is 11.1. The van der Waals surface area contributed by atoms with E-state index in [1.807, 2.05) is 12.1 Å². The average molecular weight is 168 g/mol. The molecule has 1 unspecified atom stereocenters. The van der Waals surface area contributed by atoms with Gasteiger partial charge in [0.25, 0.3) is 0 Å². The average Bonchev–Trinajstić information content (AvgIpc) is 2.58. The number of esters is 1. The first kappa shape index (κ1) is 8.80. The standard InChI is InChI=1S/C8H12N2O2/c1-9-7(8(11)12-2)6-4-3-5-10-6/h3-5,7,9-10H,1-2H3. The summed E-state index contributed by atoms with van der Waals surface area (Å²) in [5, 5.41) is 2.85. The predicted molar refractivity (Wildman–Crippen MR) is 44.6 cm³/mol. The molecule has 1 heterocycles. The summed E-state index contributed by atoms with van der Waals surface area (Å²) in [5.74, 6) is -0.292. The fourth-order valence-electron chi connectivity index (χ4n) is 1.04. The van der Waals surface area contributed by atoms with E-state index >= 15 is 0 Å². The summed E-state index contributed by atoms with van der Waals surface area (Å²) in [6.45, 7) is 0. The first-order chi connectivity index (χ1) is 5.79. The molecule has 2 N–H and O–H groups in total. The summed E-state index contributed by atoms with van der Waals surface area (Å²) < 4.78 is 4.61. The number of aromatic nitrogens is 1. The molecule has 0 aromatic carbocycles. The molecule has 0 amide bonds. The Balaban J connectivity index is 2.76. The first-order valence-corrected chi connectivity index (χ1v) is 3.68. The maximum absolute atomic E-state index is 11.1. The number of H-pyrrole nitrogens is 1. The van der Waals surface area contributed by atoms with Gasteiger partial charge in [-0.05, 0) is 19.2 Å². The Morgan fingerprint density at radius 2 is 2.50 bits per heavy atom. The van der Waals surface area contributed by atoms with E-state index in [-0.39, 0.29) is 5.97 Å². The van der Waals surface area contributed by atoms with E-state index in [9.17, 15) is 4.79 Å². The van der Waals surface area contributed by atoms with Crippen molar-refractivity contribution >= 4 is 5.97 Å². The van der Waals surface area contributed by atoms with Crippen LogP contribution in [0.25, 0.3) is 0 Å². The quantitative estimate of drug-likeness (QED) is 0.644. The van der Waals surface area contributed by atoms with Gasteiger partial charge in [0.05, 0.1) is 7.11 Å². The summed E-state index contributed by atoms with van der Waals surface area (Å²) in [4.78, 5) is 14.1. The lowest BCUT2D eigenvalue weighted by molar-refractivity contribution is -0.143. The highest BCUT2D eigenvalue weighted by atomic mass is 16.5. The summed E-state index contributed by atoms with van der Waals surface area (Å²) in [7, 11) is 3.08. The second-order valence-electron chi connectivity index (χ2n) is 2.37. The lowest BCUT2D eigenvalue weighted by Crippen LogP contribution is -2.26. The highest BCUT2D eigenvalue weighted by molar-refractivity contribution is 5.76. The van der Waals surface area contributed by atoms with Crippen LogP contribution in [0.4, 0.5) is 0 Å². The van der Waals surface area contributed by atoms with Crippen molar-refractivity contribution in [3.63, 3.8) is 0 Å². The van der Waals surface area contributed by atoms with E-state index in [0.29, 0.717) is 0 Å². The van der Waals surface area contributed by atoms with Gasteiger partial charge >= 0.3 is 5.97 Å². The van der Waals surface area contributed by atoms with Crippen LogP contribution in [0.3, 0.4) is 0 Å². The second kappa shape index (κ2) is 3.92. The Hall–Kier alpha value is -1.29. The molecule has 0 bridgehead atoms.